The second-order valence-corrected chi connectivity index (χ2v) is 5.69. The van der Waals surface area contributed by atoms with Gasteiger partial charge in [-0.05, 0) is 49.2 Å². The highest BCUT2D eigenvalue weighted by atomic mass is 16.1. The molecular formula is C18H17N3O. The molecule has 1 saturated heterocycles. The Morgan fingerprint density at radius 1 is 1.00 bits per heavy atom. The van der Waals surface area contributed by atoms with E-state index in [1.54, 1.807) is 0 Å². The van der Waals surface area contributed by atoms with Crippen LogP contribution in [0.1, 0.15) is 23.2 Å². The van der Waals surface area contributed by atoms with Gasteiger partial charge in [-0.1, -0.05) is 6.07 Å². The summed E-state index contributed by atoms with van der Waals surface area (Å²) in [5, 5.41) is 0. The lowest BCUT2D eigenvalue weighted by molar-refractivity contribution is 0.112. The number of rotatable bonds is 3. The summed E-state index contributed by atoms with van der Waals surface area (Å²) < 4.78 is 2.07. The van der Waals surface area contributed by atoms with Crippen molar-refractivity contribution in [1.82, 2.24) is 9.55 Å². The van der Waals surface area contributed by atoms with E-state index < -0.39 is 0 Å². The molecule has 0 N–H and O–H groups in total. The van der Waals surface area contributed by atoms with Crippen LogP contribution in [0.2, 0.25) is 0 Å². The molecule has 110 valence electrons. The van der Waals surface area contributed by atoms with E-state index in [1.165, 1.54) is 18.5 Å². The molecule has 0 amide bonds. The maximum Gasteiger partial charge on any atom is 0.150 e. The fourth-order valence-corrected chi connectivity index (χ4v) is 3.12. The van der Waals surface area contributed by atoms with Crippen molar-refractivity contribution in [2.75, 3.05) is 18.0 Å². The highest BCUT2D eigenvalue weighted by Gasteiger charge is 2.13. The second kappa shape index (κ2) is 5.30. The highest BCUT2D eigenvalue weighted by Crippen LogP contribution is 2.25. The summed E-state index contributed by atoms with van der Waals surface area (Å²) in [4.78, 5) is 17.7. The van der Waals surface area contributed by atoms with Crippen LogP contribution in [-0.4, -0.2) is 28.9 Å². The quantitative estimate of drug-likeness (QED) is 0.694. The van der Waals surface area contributed by atoms with Crippen LogP contribution in [0, 0.1) is 0 Å². The molecule has 4 nitrogen and oxygen atoms in total. The minimum Gasteiger partial charge on any atom is -0.371 e. The number of benzene rings is 2. The minimum absolute atomic E-state index is 0.656. The van der Waals surface area contributed by atoms with Gasteiger partial charge in [0.05, 0.1) is 11.0 Å². The molecule has 0 bridgehead atoms. The van der Waals surface area contributed by atoms with E-state index in [2.05, 4.69) is 38.7 Å². The molecule has 2 heterocycles. The van der Waals surface area contributed by atoms with Crippen LogP contribution in [0.5, 0.6) is 0 Å². The van der Waals surface area contributed by atoms with Gasteiger partial charge in [0.2, 0.25) is 0 Å². The molecule has 0 saturated carbocycles. The number of nitrogens with zero attached hydrogens (tertiary/aromatic N) is 3. The van der Waals surface area contributed by atoms with E-state index in [-0.39, 0.29) is 0 Å². The van der Waals surface area contributed by atoms with E-state index in [9.17, 15) is 4.79 Å². The summed E-state index contributed by atoms with van der Waals surface area (Å²) in [6.45, 7) is 2.27. The van der Waals surface area contributed by atoms with Crippen molar-refractivity contribution in [2.24, 2.45) is 0 Å². The van der Waals surface area contributed by atoms with Gasteiger partial charge >= 0.3 is 0 Å². The number of carbonyl (C=O) groups is 1. The number of hydrogen-bond acceptors (Lipinski definition) is 3. The van der Waals surface area contributed by atoms with Gasteiger partial charge in [0.25, 0.3) is 0 Å². The Labute approximate surface area is 129 Å². The van der Waals surface area contributed by atoms with E-state index in [4.69, 9.17) is 0 Å². The Kier molecular flexibility index (Phi) is 3.15. The molecule has 4 heteroatoms. The standard InChI is InChI=1S/C18H17N3O/c22-12-14-6-7-18-17(10-14)19-13-21(18)16-5-3-4-15(11-16)20-8-1-2-9-20/h3-7,10-13H,1-2,8-9H2. The molecule has 22 heavy (non-hydrogen) atoms. The van der Waals surface area contributed by atoms with E-state index in [0.717, 1.165) is 36.1 Å². The molecule has 1 aromatic heterocycles. The number of aldehydes is 1. The topological polar surface area (TPSA) is 38.1 Å². The monoisotopic (exact) mass is 291 g/mol. The zero-order valence-corrected chi connectivity index (χ0v) is 12.3. The molecule has 2 aromatic carbocycles. The zero-order chi connectivity index (χ0) is 14.9. The normalized spacial score (nSPS) is 14.6. The van der Waals surface area contributed by atoms with Crippen molar-refractivity contribution in [3.8, 4) is 5.69 Å². The van der Waals surface area contributed by atoms with Crippen molar-refractivity contribution >= 4 is 23.0 Å². The first-order valence-corrected chi connectivity index (χ1v) is 7.63. The minimum atomic E-state index is 0.656. The van der Waals surface area contributed by atoms with Crippen molar-refractivity contribution < 1.29 is 4.79 Å². The Hall–Kier alpha value is -2.62. The maximum absolute atomic E-state index is 10.9. The summed E-state index contributed by atoms with van der Waals surface area (Å²) in [5.41, 5.74) is 4.89. The number of fused-ring (bicyclic) bond motifs is 1. The molecular weight excluding hydrogens is 274 g/mol. The summed E-state index contributed by atoms with van der Waals surface area (Å²) in [5.74, 6) is 0. The van der Waals surface area contributed by atoms with Gasteiger partial charge in [0.15, 0.2) is 0 Å². The Morgan fingerprint density at radius 2 is 1.82 bits per heavy atom. The van der Waals surface area contributed by atoms with Gasteiger partial charge in [-0.3, -0.25) is 9.36 Å². The molecule has 0 unspecified atom stereocenters. The van der Waals surface area contributed by atoms with E-state index >= 15 is 0 Å². The fraction of sp³-hybridized carbons (Fsp3) is 0.222. The molecule has 0 radical (unpaired) electrons. The lowest BCUT2D eigenvalue weighted by Gasteiger charge is -2.18. The summed E-state index contributed by atoms with van der Waals surface area (Å²) in [6, 6.07) is 14.2. The average molecular weight is 291 g/mol. The third-order valence-corrected chi connectivity index (χ3v) is 4.29. The number of imidazole rings is 1. The largest absolute Gasteiger partial charge is 0.371 e. The van der Waals surface area contributed by atoms with Crippen LogP contribution < -0.4 is 4.90 Å². The van der Waals surface area contributed by atoms with Crippen molar-refractivity contribution in [2.45, 2.75) is 12.8 Å². The Balaban J connectivity index is 1.78. The highest BCUT2D eigenvalue weighted by molar-refractivity contribution is 5.85. The molecule has 0 aliphatic carbocycles. The number of carbonyl (C=O) groups excluding carboxylic acids is 1. The summed E-state index contributed by atoms with van der Waals surface area (Å²) in [7, 11) is 0. The lowest BCUT2D eigenvalue weighted by atomic mass is 10.2. The first-order chi connectivity index (χ1) is 10.8. The SMILES string of the molecule is O=Cc1ccc2c(c1)ncn2-c1cccc(N2CCCC2)c1. The maximum atomic E-state index is 10.9. The van der Waals surface area contributed by atoms with Crippen LogP contribution >= 0.6 is 0 Å². The number of hydrogen-bond donors (Lipinski definition) is 0. The molecule has 3 aromatic rings. The van der Waals surface area contributed by atoms with Crippen molar-refractivity contribution in [3.63, 3.8) is 0 Å². The third kappa shape index (κ3) is 2.17. The van der Waals surface area contributed by atoms with Gasteiger partial charge in [-0.2, -0.15) is 0 Å². The Bertz CT molecular complexity index is 831. The Morgan fingerprint density at radius 3 is 2.64 bits per heavy atom. The predicted molar refractivity (Wildman–Crippen MR) is 87.9 cm³/mol. The van der Waals surface area contributed by atoms with Gasteiger partial charge in [-0.25, -0.2) is 4.98 Å². The predicted octanol–water partition coefficient (Wildman–Crippen LogP) is 3.44. The summed E-state index contributed by atoms with van der Waals surface area (Å²) >= 11 is 0. The van der Waals surface area contributed by atoms with Crippen LogP contribution in [0.4, 0.5) is 5.69 Å². The smallest absolute Gasteiger partial charge is 0.150 e. The van der Waals surface area contributed by atoms with Crippen LogP contribution in [-0.2, 0) is 0 Å². The van der Waals surface area contributed by atoms with Gasteiger partial charge in [0.1, 0.15) is 12.6 Å². The summed E-state index contributed by atoms with van der Waals surface area (Å²) in [6.07, 6.45) is 5.22. The van der Waals surface area contributed by atoms with Gasteiger partial charge in [0, 0.05) is 30.0 Å². The molecule has 0 atom stereocenters. The first-order valence-electron chi connectivity index (χ1n) is 7.63. The number of aromatic nitrogens is 2. The van der Waals surface area contributed by atoms with Crippen LogP contribution in [0.15, 0.2) is 48.8 Å². The van der Waals surface area contributed by atoms with Crippen molar-refractivity contribution in [1.29, 1.82) is 0 Å². The zero-order valence-electron chi connectivity index (χ0n) is 12.3. The van der Waals surface area contributed by atoms with E-state index in [0.29, 0.717) is 5.56 Å². The van der Waals surface area contributed by atoms with Gasteiger partial charge in [-0.15, -0.1) is 0 Å². The number of anilines is 1. The molecule has 1 aliphatic rings. The molecule has 0 spiro atoms. The third-order valence-electron chi connectivity index (χ3n) is 4.29. The second-order valence-electron chi connectivity index (χ2n) is 5.69. The fourth-order valence-electron chi connectivity index (χ4n) is 3.12. The van der Waals surface area contributed by atoms with Crippen LogP contribution in [0.25, 0.3) is 16.7 Å². The first kappa shape index (κ1) is 13.1. The average Bonchev–Trinajstić information content (AvgIpc) is 3.24. The van der Waals surface area contributed by atoms with E-state index in [1.807, 2.05) is 24.5 Å². The molecule has 1 fully saturated rings. The molecule has 1 aliphatic heterocycles. The van der Waals surface area contributed by atoms with Gasteiger partial charge < -0.3 is 4.90 Å². The lowest BCUT2D eigenvalue weighted by Crippen LogP contribution is -2.17. The van der Waals surface area contributed by atoms with Crippen LogP contribution in [0.3, 0.4) is 0 Å². The molecule has 4 rings (SSSR count). The van der Waals surface area contributed by atoms with Crippen molar-refractivity contribution in [3.05, 3.63) is 54.4 Å².